The van der Waals surface area contributed by atoms with Gasteiger partial charge >= 0.3 is 0 Å². The van der Waals surface area contributed by atoms with E-state index >= 15 is 0 Å². The molecule has 0 N–H and O–H groups in total. The Kier molecular flexibility index (Phi) is 4.43. The van der Waals surface area contributed by atoms with Crippen molar-refractivity contribution in [1.29, 1.82) is 0 Å². The largest absolute Gasteiger partial charge is 0.497 e. The molecule has 27 heavy (non-hydrogen) atoms. The molecule has 1 aliphatic rings. The highest BCUT2D eigenvalue weighted by Crippen LogP contribution is 2.30. The molecule has 1 aliphatic heterocycles. The minimum Gasteiger partial charge on any atom is -0.497 e. The monoisotopic (exact) mass is 365 g/mol. The van der Waals surface area contributed by atoms with Crippen LogP contribution in [0.4, 0.5) is 0 Å². The smallest absolute Gasteiger partial charge is 0.225 e. The Morgan fingerprint density at radius 1 is 1.07 bits per heavy atom. The molecule has 1 atom stereocenters. The van der Waals surface area contributed by atoms with Crippen LogP contribution in [0.25, 0.3) is 17.3 Å². The van der Waals surface area contributed by atoms with Gasteiger partial charge in [-0.2, -0.15) is 0 Å². The second-order valence-electron chi connectivity index (χ2n) is 6.97. The van der Waals surface area contributed by atoms with Crippen molar-refractivity contribution in [1.82, 2.24) is 24.0 Å². The summed E-state index contributed by atoms with van der Waals surface area (Å²) in [5, 5.41) is 0. The third-order valence-electron chi connectivity index (χ3n) is 5.01. The summed E-state index contributed by atoms with van der Waals surface area (Å²) in [6.45, 7) is 4.79. The lowest BCUT2D eigenvalue weighted by molar-refractivity contribution is -0.129. The maximum Gasteiger partial charge on any atom is 0.225 e. The number of ether oxygens (including phenoxy) is 1. The summed E-state index contributed by atoms with van der Waals surface area (Å²) in [4.78, 5) is 23.3. The second-order valence-corrected chi connectivity index (χ2v) is 6.97. The molecule has 3 aromatic rings. The number of carbonyl (C=O) groups is 1. The van der Waals surface area contributed by atoms with E-state index in [1.807, 2.05) is 60.0 Å². The van der Waals surface area contributed by atoms with Crippen molar-refractivity contribution in [2.75, 3.05) is 13.7 Å². The molecule has 0 bridgehead atoms. The van der Waals surface area contributed by atoms with Gasteiger partial charge in [-0.15, -0.1) is 0 Å². The molecule has 0 radical (unpaired) electrons. The van der Waals surface area contributed by atoms with E-state index in [0.29, 0.717) is 13.0 Å². The molecule has 1 fully saturated rings. The van der Waals surface area contributed by atoms with Gasteiger partial charge in [-0.1, -0.05) is 0 Å². The van der Waals surface area contributed by atoms with E-state index in [1.165, 1.54) is 0 Å². The maximum absolute atomic E-state index is 12.3. The fourth-order valence-electron chi connectivity index (χ4n) is 3.60. The summed E-state index contributed by atoms with van der Waals surface area (Å²) in [6.07, 6.45) is 7.87. The highest BCUT2D eigenvalue weighted by atomic mass is 16.5. The second kappa shape index (κ2) is 6.90. The minimum absolute atomic E-state index is 0.0680. The number of carbonyl (C=O) groups excluding carboxylic acids is 1. The first kappa shape index (κ1) is 17.3. The molecular formula is C20H23N5O2. The predicted molar refractivity (Wildman–Crippen MR) is 102 cm³/mol. The summed E-state index contributed by atoms with van der Waals surface area (Å²) in [6, 6.07) is 8.08. The normalized spacial score (nSPS) is 17.1. The number of imidazole rings is 2. The lowest BCUT2D eigenvalue weighted by atomic mass is 10.2. The summed E-state index contributed by atoms with van der Waals surface area (Å²) >= 11 is 0. The van der Waals surface area contributed by atoms with Gasteiger partial charge in [0.25, 0.3) is 0 Å². The Morgan fingerprint density at radius 3 is 2.44 bits per heavy atom. The van der Waals surface area contributed by atoms with Crippen LogP contribution in [0.3, 0.4) is 0 Å². The first-order valence-corrected chi connectivity index (χ1v) is 9.09. The van der Waals surface area contributed by atoms with Crippen LogP contribution in [0.5, 0.6) is 5.75 Å². The number of hydrogen-bond donors (Lipinski definition) is 0. The topological polar surface area (TPSA) is 65.2 Å². The summed E-state index contributed by atoms with van der Waals surface area (Å²) in [7, 11) is 1.65. The number of rotatable bonds is 5. The van der Waals surface area contributed by atoms with Crippen molar-refractivity contribution in [2.45, 2.75) is 32.4 Å². The molecule has 1 saturated heterocycles. The summed E-state index contributed by atoms with van der Waals surface area (Å²) in [5.74, 6) is 2.51. The van der Waals surface area contributed by atoms with Crippen LogP contribution in [-0.2, 0) is 4.79 Å². The number of benzene rings is 1. The highest BCUT2D eigenvalue weighted by Gasteiger charge is 2.33. The third-order valence-corrected chi connectivity index (χ3v) is 5.01. The van der Waals surface area contributed by atoms with Crippen molar-refractivity contribution in [3.63, 3.8) is 0 Å². The van der Waals surface area contributed by atoms with Crippen molar-refractivity contribution >= 4 is 5.91 Å². The Bertz CT molecular complexity index is 941. The Hall–Kier alpha value is -3.09. The lowest BCUT2D eigenvalue weighted by Gasteiger charge is -2.21. The molecule has 1 unspecified atom stereocenters. The van der Waals surface area contributed by atoms with E-state index < -0.39 is 0 Å². The summed E-state index contributed by atoms with van der Waals surface area (Å²) < 4.78 is 9.30. The van der Waals surface area contributed by atoms with Crippen LogP contribution < -0.4 is 4.74 Å². The van der Waals surface area contributed by atoms with Gasteiger partial charge in [-0.25, -0.2) is 9.97 Å². The van der Waals surface area contributed by atoms with E-state index in [1.54, 1.807) is 19.5 Å². The van der Waals surface area contributed by atoms with Gasteiger partial charge in [0.05, 0.1) is 13.2 Å². The first-order chi connectivity index (χ1) is 13.1. The van der Waals surface area contributed by atoms with Crippen LogP contribution >= 0.6 is 0 Å². The molecule has 1 amide bonds. The zero-order chi connectivity index (χ0) is 19.0. The molecular weight excluding hydrogens is 342 g/mol. The number of methoxy groups -OCH3 is 1. The van der Waals surface area contributed by atoms with E-state index in [0.717, 1.165) is 23.1 Å². The third kappa shape index (κ3) is 3.09. The standard InChI is InChI=1S/C20H23N5O2/c1-14(2)25-13-16(12-18(25)26)24-11-9-22-20(24)19-21-8-10-23(19)15-4-6-17(27-3)7-5-15/h4-11,14,16H,12-13H2,1-3H3. The Balaban J connectivity index is 1.68. The van der Waals surface area contributed by atoms with E-state index in [4.69, 9.17) is 4.74 Å². The number of amides is 1. The zero-order valence-electron chi connectivity index (χ0n) is 15.7. The molecule has 140 valence electrons. The average Bonchev–Trinajstić information content (AvgIpc) is 3.39. The maximum atomic E-state index is 12.3. The molecule has 2 aromatic heterocycles. The Labute approximate surface area is 158 Å². The quantitative estimate of drug-likeness (QED) is 0.697. The minimum atomic E-state index is 0.0680. The van der Waals surface area contributed by atoms with Crippen molar-refractivity contribution in [3.8, 4) is 23.1 Å². The van der Waals surface area contributed by atoms with E-state index in [9.17, 15) is 4.79 Å². The van der Waals surface area contributed by atoms with Gasteiger partial charge < -0.3 is 14.2 Å². The van der Waals surface area contributed by atoms with Crippen LogP contribution in [0.15, 0.2) is 49.1 Å². The van der Waals surface area contributed by atoms with Gasteiger partial charge in [-0.05, 0) is 38.1 Å². The van der Waals surface area contributed by atoms with Crippen molar-refractivity contribution in [2.24, 2.45) is 0 Å². The SMILES string of the molecule is COc1ccc(-n2ccnc2-c2nccn2C2CC(=O)N(C(C)C)C2)cc1. The molecule has 0 aliphatic carbocycles. The van der Waals surface area contributed by atoms with Crippen molar-refractivity contribution < 1.29 is 9.53 Å². The van der Waals surface area contributed by atoms with Gasteiger partial charge in [0.2, 0.25) is 5.91 Å². The zero-order valence-corrected chi connectivity index (χ0v) is 15.7. The molecule has 3 heterocycles. The number of likely N-dealkylation sites (tertiary alicyclic amines) is 1. The lowest BCUT2D eigenvalue weighted by Crippen LogP contribution is -2.32. The molecule has 0 spiro atoms. The Morgan fingerprint density at radius 2 is 1.78 bits per heavy atom. The highest BCUT2D eigenvalue weighted by molar-refractivity contribution is 5.79. The van der Waals surface area contributed by atoms with Crippen LogP contribution in [0.1, 0.15) is 26.3 Å². The van der Waals surface area contributed by atoms with Gasteiger partial charge in [0.15, 0.2) is 11.6 Å². The molecule has 4 rings (SSSR count). The van der Waals surface area contributed by atoms with Gasteiger partial charge in [0.1, 0.15) is 5.75 Å². The predicted octanol–water partition coefficient (Wildman–Crippen LogP) is 2.93. The molecule has 7 nitrogen and oxygen atoms in total. The fourth-order valence-corrected chi connectivity index (χ4v) is 3.60. The fraction of sp³-hybridized carbons (Fsp3) is 0.350. The first-order valence-electron chi connectivity index (χ1n) is 9.09. The number of hydrogen-bond acceptors (Lipinski definition) is 4. The molecule has 7 heteroatoms. The average molecular weight is 365 g/mol. The van der Waals surface area contributed by atoms with Crippen LogP contribution in [-0.4, -0.2) is 49.6 Å². The van der Waals surface area contributed by atoms with E-state index in [-0.39, 0.29) is 18.0 Å². The molecule has 1 aromatic carbocycles. The van der Waals surface area contributed by atoms with Crippen molar-refractivity contribution in [3.05, 3.63) is 49.1 Å². The van der Waals surface area contributed by atoms with E-state index in [2.05, 4.69) is 14.5 Å². The van der Waals surface area contributed by atoms with Crippen LogP contribution in [0, 0.1) is 0 Å². The van der Waals surface area contributed by atoms with Gasteiger partial charge in [-0.3, -0.25) is 9.36 Å². The number of nitrogens with zero attached hydrogens (tertiary/aromatic N) is 5. The van der Waals surface area contributed by atoms with Gasteiger partial charge in [0, 0.05) is 49.5 Å². The molecule has 0 saturated carbocycles. The van der Waals surface area contributed by atoms with Crippen LogP contribution in [0.2, 0.25) is 0 Å². The number of aromatic nitrogens is 4. The summed E-state index contributed by atoms with van der Waals surface area (Å²) in [5.41, 5.74) is 0.976.